The van der Waals surface area contributed by atoms with Crippen LogP contribution in [-0.2, 0) is 5.41 Å². The van der Waals surface area contributed by atoms with Crippen molar-refractivity contribution in [2.45, 2.75) is 38.5 Å². The quantitative estimate of drug-likeness (QED) is 0.275. The third kappa shape index (κ3) is 5.64. The van der Waals surface area contributed by atoms with Crippen molar-refractivity contribution >= 4 is 44.6 Å². The number of fused-ring (bicyclic) bond motifs is 1. The van der Waals surface area contributed by atoms with E-state index in [1.54, 1.807) is 0 Å². The number of benzene rings is 3. The second-order valence-electron chi connectivity index (χ2n) is 11.3. The zero-order valence-corrected chi connectivity index (χ0v) is 25.5. The molecule has 0 saturated carbocycles. The number of nitrogens with zero attached hydrogens (tertiary/aromatic N) is 1. The second-order valence-corrected chi connectivity index (χ2v) is 12.8. The van der Waals surface area contributed by atoms with Gasteiger partial charge in [0, 0.05) is 32.5 Å². The number of halogens is 1. The lowest BCUT2D eigenvalue weighted by Crippen LogP contribution is -2.26. The minimum absolute atomic E-state index is 0.0444. The van der Waals surface area contributed by atoms with E-state index in [2.05, 4.69) is 147 Å². The summed E-state index contributed by atoms with van der Waals surface area (Å²) in [6.07, 6.45) is 16.7. The fourth-order valence-corrected chi connectivity index (χ4v) is 7.44. The Morgan fingerprint density at radius 2 is 1.37 bits per heavy atom. The summed E-state index contributed by atoms with van der Waals surface area (Å²) < 4.78 is 2.32. The lowest BCUT2D eigenvalue weighted by molar-refractivity contribution is -0.401. The highest BCUT2D eigenvalue weighted by molar-refractivity contribution is 8.16. The van der Waals surface area contributed by atoms with Gasteiger partial charge in [-0.2, -0.15) is 4.58 Å². The maximum atomic E-state index is 7.07. The van der Waals surface area contributed by atoms with Gasteiger partial charge in [-0.1, -0.05) is 120 Å². The van der Waals surface area contributed by atoms with E-state index in [9.17, 15) is 0 Å². The minimum atomic E-state index is -0.0444. The molecule has 0 unspecified atom stereocenters. The molecule has 1 aliphatic carbocycles. The van der Waals surface area contributed by atoms with Crippen LogP contribution in [0.2, 0.25) is 0 Å². The molecule has 0 N–H and O–H groups in total. The van der Waals surface area contributed by atoms with Gasteiger partial charge in [0.15, 0.2) is 5.71 Å². The van der Waals surface area contributed by atoms with E-state index in [4.69, 9.17) is 11.6 Å². The Bertz CT molecular complexity index is 1640. The first-order chi connectivity index (χ1) is 19.9. The van der Waals surface area contributed by atoms with Crippen LogP contribution in [0.4, 0.5) is 5.69 Å². The predicted molar refractivity (Wildman–Crippen MR) is 179 cm³/mol. The van der Waals surface area contributed by atoms with Crippen molar-refractivity contribution in [2.24, 2.45) is 0 Å². The number of hydrogen-bond acceptors (Lipinski definition) is 1. The summed E-state index contributed by atoms with van der Waals surface area (Å²) in [5.41, 5.74) is 9.99. The SMILES string of the molecule is C[N+]1=C(C=CC2=C(Cl)C(=CC=C3C=C(c4ccccc4)SC(c4ccccc4)=C3)CCC2)C(C)(C)c2ccccc21. The Labute approximate surface area is 253 Å². The minimum Gasteiger partial charge on any atom is -0.198 e. The van der Waals surface area contributed by atoms with Crippen molar-refractivity contribution in [3.05, 3.63) is 160 Å². The number of thioether (sulfide) groups is 1. The van der Waals surface area contributed by atoms with Gasteiger partial charge in [-0.25, -0.2) is 0 Å². The average Bonchev–Trinajstić information content (AvgIpc) is 3.21. The monoisotopic (exact) mass is 572 g/mol. The van der Waals surface area contributed by atoms with Crippen LogP contribution >= 0.6 is 23.4 Å². The van der Waals surface area contributed by atoms with Crippen LogP contribution in [0.5, 0.6) is 0 Å². The predicted octanol–water partition coefficient (Wildman–Crippen LogP) is 10.6. The topological polar surface area (TPSA) is 3.01 Å². The molecule has 41 heavy (non-hydrogen) atoms. The van der Waals surface area contributed by atoms with E-state index in [1.165, 1.54) is 54.6 Å². The summed E-state index contributed by atoms with van der Waals surface area (Å²) in [6.45, 7) is 4.61. The van der Waals surface area contributed by atoms with Gasteiger partial charge in [0.05, 0.1) is 5.41 Å². The molecule has 0 saturated heterocycles. The molecular weight excluding hydrogens is 538 g/mol. The molecule has 0 bridgehead atoms. The van der Waals surface area contributed by atoms with Crippen LogP contribution in [0, 0.1) is 0 Å². The molecule has 0 fully saturated rings. The number of allylic oxidation sites excluding steroid dienone is 10. The fourth-order valence-electron chi connectivity index (χ4n) is 5.99. The molecule has 3 aromatic rings. The third-order valence-electron chi connectivity index (χ3n) is 8.25. The standard InChI is InChI=1S/C38H35ClNS/c1-38(2)32-19-10-11-20-33(32)40(3)36(38)24-23-31-18-12-17-30(37(31)39)22-21-27-25-34(28-13-6-4-7-14-28)41-35(26-27)29-15-8-5-9-16-29/h4-11,13-16,19-26H,12,17-18H2,1-3H3/q+1. The lowest BCUT2D eigenvalue weighted by atomic mass is 9.81. The molecule has 3 aliphatic rings. The molecule has 2 aliphatic heterocycles. The van der Waals surface area contributed by atoms with Gasteiger partial charge in [0.25, 0.3) is 0 Å². The molecule has 1 nitrogen and oxygen atoms in total. The van der Waals surface area contributed by atoms with Crippen LogP contribution in [-0.4, -0.2) is 17.3 Å². The highest BCUT2D eigenvalue weighted by Gasteiger charge is 2.42. The van der Waals surface area contributed by atoms with E-state index in [1.807, 2.05) is 11.8 Å². The normalized spacial score (nSPS) is 19.5. The summed E-state index contributed by atoms with van der Waals surface area (Å²) in [6, 6.07) is 30.0. The maximum absolute atomic E-state index is 7.07. The Hall–Kier alpha value is -3.59. The lowest BCUT2D eigenvalue weighted by Gasteiger charge is -2.19. The van der Waals surface area contributed by atoms with E-state index < -0.39 is 0 Å². The Balaban J connectivity index is 1.32. The summed E-state index contributed by atoms with van der Waals surface area (Å²) in [7, 11) is 2.17. The molecule has 3 heteroatoms. The summed E-state index contributed by atoms with van der Waals surface area (Å²) in [5, 5.41) is 0.894. The number of rotatable bonds is 5. The van der Waals surface area contributed by atoms with Crippen molar-refractivity contribution in [3.63, 3.8) is 0 Å². The van der Waals surface area contributed by atoms with Gasteiger partial charge in [-0.15, -0.1) is 0 Å². The maximum Gasteiger partial charge on any atom is 0.209 e. The van der Waals surface area contributed by atoms with E-state index in [0.29, 0.717) is 0 Å². The molecule has 0 aromatic heterocycles. The first-order valence-electron chi connectivity index (χ1n) is 14.3. The summed E-state index contributed by atoms with van der Waals surface area (Å²) in [5.74, 6) is 0. The molecule has 6 rings (SSSR count). The third-order valence-corrected chi connectivity index (χ3v) is 9.88. The largest absolute Gasteiger partial charge is 0.209 e. The highest BCUT2D eigenvalue weighted by Crippen LogP contribution is 2.44. The van der Waals surface area contributed by atoms with Crippen molar-refractivity contribution in [2.75, 3.05) is 7.05 Å². The van der Waals surface area contributed by atoms with Crippen LogP contribution in [0.25, 0.3) is 9.81 Å². The molecule has 2 heterocycles. The molecule has 3 aromatic carbocycles. The fraction of sp³-hybridized carbons (Fsp3) is 0.184. The van der Waals surface area contributed by atoms with Gasteiger partial charge in [-0.3, -0.25) is 0 Å². The Kier molecular flexibility index (Phi) is 7.88. The van der Waals surface area contributed by atoms with E-state index >= 15 is 0 Å². The number of hydrogen-bond donors (Lipinski definition) is 0. The first-order valence-corrected chi connectivity index (χ1v) is 15.5. The zero-order valence-electron chi connectivity index (χ0n) is 23.9. The molecule has 0 atom stereocenters. The van der Waals surface area contributed by atoms with Crippen molar-refractivity contribution < 1.29 is 4.58 Å². The van der Waals surface area contributed by atoms with E-state index in [-0.39, 0.29) is 5.41 Å². The first kappa shape index (κ1) is 27.6. The van der Waals surface area contributed by atoms with Gasteiger partial charge < -0.3 is 0 Å². The molecular formula is C38H35ClNS+. The Morgan fingerprint density at radius 3 is 2.00 bits per heavy atom. The average molecular weight is 573 g/mol. The van der Waals surface area contributed by atoms with Crippen LogP contribution in [0.3, 0.4) is 0 Å². The van der Waals surface area contributed by atoms with E-state index in [0.717, 1.165) is 24.3 Å². The summed E-state index contributed by atoms with van der Waals surface area (Å²) in [4.78, 5) is 2.51. The molecule has 204 valence electrons. The van der Waals surface area contributed by atoms with Gasteiger partial charge in [-0.05, 0) is 73.1 Å². The molecule has 0 spiro atoms. The van der Waals surface area contributed by atoms with Crippen LogP contribution < -0.4 is 0 Å². The molecule has 0 radical (unpaired) electrons. The Morgan fingerprint density at radius 1 is 0.756 bits per heavy atom. The van der Waals surface area contributed by atoms with Crippen molar-refractivity contribution in [3.8, 4) is 0 Å². The highest BCUT2D eigenvalue weighted by atomic mass is 35.5. The smallest absolute Gasteiger partial charge is 0.198 e. The van der Waals surface area contributed by atoms with Gasteiger partial charge >= 0.3 is 0 Å². The zero-order chi connectivity index (χ0) is 28.4. The van der Waals surface area contributed by atoms with Crippen molar-refractivity contribution in [1.82, 2.24) is 0 Å². The van der Waals surface area contributed by atoms with Crippen LogP contribution in [0.1, 0.15) is 49.8 Å². The van der Waals surface area contributed by atoms with Crippen LogP contribution in [0.15, 0.2) is 143 Å². The number of para-hydroxylation sites is 1. The van der Waals surface area contributed by atoms with Gasteiger partial charge in [0.1, 0.15) is 7.05 Å². The second kappa shape index (κ2) is 11.7. The summed E-state index contributed by atoms with van der Waals surface area (Å²) >= 11 is 8.90. The molecule has 0 amide bonds. The van der Waals surface area contributed by atoms with Gasteiger partial charge in [0.2, 0.25) is 5.69 Å². The van der Waals surface area contributed by atoms with Crippen molar-refractivity contribution in [1.29, 1.82) is 0 Å².